The number of amides is 2. The van der Waals surface area contributed by atoms with Crippen molar-refractivity contribution in [3.05, 3.63) is 101 Å². The Hall–Kier alpha value is -4.39. The number of carbonyl (C=O) groups excluding carboxylic acids is 2. The Morgan fingerprint density at radius 1 is 1.00 bits per heavy atom. The molecule has 0 radical (unpaired) electrons. The molecule has 5 rings (SSSR count). The lowest BCUT2D eigenvalue weighted by molar-refractivity contribution is 0.102. The van der Waals surface area contributed by atoms with Crippen LogP contribution in [0.3, 0.4) is 0 Å². The molecule has 1 saturated carbocycles. The van der Waals surface area contributed by atoms with Crippen LogP contribution in [0.25, 0.3) is 11.3 Å². The van der Waals surface area contributed by atoms with Gasteiger partial charge in [0.05, 0.1) is 11.4 Å². The third-order valence-corrected chi connectivity index (χ3v) is 6.41. The molecular weight excluding hydrogens is 452 g/mol. The van der Waals surface area contributed by atoms with Gasteiger partial charge in [0.1, 0.15) is 5.75 Å². The fourth-order valence-electron chi connectivity index (χ4n) is 4.16. The Bertz CT molecular complexity index is 1440. The van der Waals surface area contributed by atoms with E-state index in [9.17, 15) is 14.7 Å². The second kappa shape index (κ2) is 9.70. The van der Waals surface area contributed by atoms with Gasteiger partial charge in [0.15, 0.2) is 0 Å². The zero-order valence-electron chi connectivity index (χ0n) is 20.3. The van der Waals surface area contributed by atoms with Crippen LogP contribution in [-0.4, -0.2) is 26.8 Å². The third kappa shape index (κ3) is 5.00. The van der Waals surface area contributed by atoms with Gasteiger partial charge in [-0.25, -0.2) is 4.79 Å². The molecule has 182 valence electrons. The summed E-state index contributed by atoms with van der Waals surface area (Å²) in [7, 11) is 0. The van der Waals surface area contributed by atoms with E-state index in [0.29, 0.717) is 29.1 Å². The first-order chi connectivity index (χ1) is 17.4. The summed E-state index contributed by atoms with van der Waals surface area (Å²) in [5.41, 5.74) is 5.90. The van der Waals surface area contributed by atoms with Crippen LogP contribution in [0.1, 0.15) is 51.5 Å². The molecular formula is C29H28N4O3. The first-order valence-corrected chi connectivity index (χ1v) is 12.0. The molecule has 0 bridgehead atoms. The highest BCUT2D eigenvalue weighted by molar-refractivity contribution is 6.05. The van der Waals surface area contributed by atoms with E-state index >= 15 is 0 Å². The average molecular weight is 481 g/mol. The number of aromatic nitrogens is 2. The van der Waals surface area contributed by atoms with Crippen LogP contribution in [0.5, 0.6) is 5.75 Å². The predicted molar refractivity (Wildman–Crippen MR) is 139 cm³/mol. The number of phenols is 1. The quantitative estimate of drug-likeness (QED) is 0.306. The van der Waals surface area contributed by atoms with Crippen LogP contribution in [0, 0.1) is 13.8 Å². The van der Waals surface area contributed by atoms with E-state index in [1.807, 2.05) is 62.4 Å². The van der Waals surface area contributed by atoms with E-state index in [1.54, 1.807) is 18.2 Å². The van der Waals surface area contributed by atoms with E-state index in [4.69, 9.17) is 0 Å². The minimum atomic E-state index is -0.313. The maximum atomic E-state index is 13.0. The molecule has 0 unspecified atom stereocenters. The largest absolute Gasteiger partial charge is 0.507 e. The van der Waals surface area contributed by atoms with Gasteiger partial charge in [0.25, 0.3) is 5.91 Å². The summed E-state index contributed by atoms with van der Waals surface area (Å²) in [5, 5.41) is 21.0. The Morgan fingerprint density at radius 3 is 2.47 bits per heavy atom. The van der Waals surface area contributed by atoms with Crippen LogP contribution < -0.4 is 10.6 Å². The summed E-state index contributed by atoms with van der Waals surface area (Å²) in [4.78, 5) is 25.8. The average Bonchev–Trinajstić information content (AvgIpc) is 3.63. The molecule has 3 N–H and O–H groups in total. The molecule has 1 aliphatic carbocycles. The molecule has 2 amide bonds. The molecule has 0 atom stereocenters. The topological polar surface area (TPSA) is 96.3 Å². The van der Waals surface area contributed by atoms with Crippen molar-refractivity contribution in [3.8, 4) is 17.0 Å². The molecule has 1 fully saturated rings. The zero-order chi connectivity index (χ0) is 25.2. The first kappa shape index (κ1) is 23.4. The maximum absolute atomic E-state index is 13.0. The smallest absolute Gasteiger partial charge is 0.342 e. The minimum absolute atomic E-state index is 0.0240. The number of aryl methyl sites for hydroxylation is 2. The predicted octanol–water partition coefficient (Wildman–Crippen LogP) is 5.76. The van der Waals surface area contributed by atoms with Crippen molar-refractivity contribution < 1.29 is 14.7 Å². The van der Waals surface area contributed by atoms with Crippen molar-refractivity contribution in [3.63, 3.8) is 0 Å². The highest BCUT2D eigenvalue weighted by Gasteiger charge is 2.30. The molecule has 1 heterocycles. The minimum Gasteiger partial charge on any atom is -0.507 e. The monoisotopic (exact) mass is 480 g/mol. The normalized spacial score (nSPS) is 12.8. The van der Waals surface area contributed by atoms with Gasteiger partial charge >= 0.3 is 6.03 Å². The first-order valence-electron chi connectivity index (χ1n) is 12.0. The molecule has 7 nitrogen and oxygen atoms in total. The van der Waals surface area contributed by atoms with E-state index in [0.717, 1.165) is 35.2 Å². The van der Waals surface area contributed by atoms with Crippen LogP contribution in [-0.2, 0) is 6.54 Å². The van der Waals surface area contributed by atoms with Crippen molar-refractivity contribution >= 4 is 17.6 Å². The van der Waals surface area contributed by atoms with E-state index in [-0.39, 0.29) is 23.6 Å². The molecule has 0 spiro atoms. The highest BCUT2D eigenvalue weighted by atomic mass is 16.3. The number of benzene rings is 3. The van der Waals surface area contributed by atoms with Gasteiger partial charge < -0.3 is 15.7 Å². The summed E-state index contributed by atoms with van der Waals surface area (Å²) < 4.78 is 1.40. The fraction of sp³-hybridized carbons (Fsp3) is 0.207. The molecule has 1 aromatic heterocycles. The van der Waals surface area contributed by atoms with E-state index in [1.165, 1.54) is 10.7 Å². The summed E-state index contributed by atoms with van der Waals surface area (Å²) in [6, 6.07) is 21.7. The Morgan fingerprint density at radius 2 is 1.75 bits per heavy atom. The molecule has 36 heavy (non-hydrogen) atoms. The molecule has 0 aliphatic heterocycles. The standard InChI is InChI=1S/C29H28N4O3/c1-18-7-9-20(10-8-18)17-30-29(36)33-26(21-11-12-21)16-25(32-33)24-15-22(13-14-27(24)34)31-28(35)23-6-4-3-5-19(23)2/h3-10,13-16,21,34H,11-12,17H2,1-2H3,(H,30,36)(H,31,35). The van der Waals surface area contributed by atoms with Crippen molar-refractivity contribution in [1.29, 1.82) is 0 Å². The van der Waals surface area contributed by atoms with Crippen LogP contribution in [0.4, 0.5) is 10.5 Å². The lowest BCUT2D eigenvalue weighted by Crippen LogP contribution is -2.30. The number of rotatable bonds is 6. The fourth-order valence-corrected chi connectivity index (χ4v) is 4.16. The highest BCUT2D eigenvalue weighted by Crippen LogP contribution is 2.42. The molecule has 4 aromatic rings. The molecule has 0 saturated heterocycles. The molecule has 1 aliphatic rings. The van der Waals surface area contributed by atoms with Crippen molar-refractivity contribution in [2.24, 2.45) is 0 Å². The van der Waals surface area contributed by atoms with Gasteiger partial charge in [0.2, 0.25) is 0 Å². The Labute approximate surface area is 209 Å². The second-order valence-electron chi connectivity index (χ2n) is 9.29. The van der Waals surface area contributed by atoms with Crippen molar-refractivity contribution in [2.45, 2.75) is 39.2 Å². The second-order valence-corrected chi connectivity index (χ2v) is 9.29. The Kier molecular flexibility index (Phi) is 6.29. The van der Waals surface area contributed by atoms with Gasteiger partial charge in [0, 0.05) is 29.3 Å². The van der Waals surface area contributed by atoms with Gasteiger partial charge in [-0.2, -0.15) is 9.78 Å². The number of anilines is 1. The third-order valence-electron chi connectivity index (χ3n) is 6.41. The Balaban J connectivity index is 1.39. The maximum Gasteiger partial charge on any atom is 0.342 e. The number of hydrogen-bond acceptors (Lipinski definition) is 4. The summed E-state index contributed by atoms with van der Waals surface area (Å²) in [6.45, 7) is 4.30. The van der Waals surface area contributed by atoms with Gasteiger partial charge in [-0.05, 0) is 68.1 Å². The summed E-state index contributed by atoms with van der Waals surface area (Å²) in [6.07, 6.45) is 1.99. The lowest BCUT2D eigenvalue weighted by Gasteiger charge is -2.10. The SMILES string of the molecule is Cc1ccc(CNC(=O)n2nc(-c3cc(NC(=O)c4ccccc4C)ccc3O)cc2C2CC2)cc1. The number of nitrogens with one attached hydrogen (secondary N) is 2. The number of phenolic OH excluding ortho intramolecular Hbond substituents is 1. The lowest BCUT2D eigenvalue weighted by atomic mass is 10.1. The van der Waals surface area contributed by atoms with Gasteiger partial charge in [-0.1, -0.05) is 48.0 Å². The number of aromatic hydroxyl groups is 1. The van der Waals surface area contributed by atoms with Crippen LogP contribution >= 0.6 is 0 Å². The number of nitrogens with zero attached hydrogens (tertiary/aromatic N) is 2. The van der Waals surface area contributed by atoms with Crippen LogP contribution in [0.2, 0.25) is 0 Å². The number of hydrogen-bond donors (Lipinski definition) is 3. The van der Waals surface area contributed by atoms with Crippen LogP contribution in [0.15, 0.2) is 72.8 Å². The van der Waals surface area contributed by atoms with Crippen molar-refractivity contribution in [1.82, 2.24) is 15.1 Å². The van der Waals surface area contributed by atoms with Gasteiger partial charge in [-0.15, -0.1) is 0 Å². The van der Waals surface area contributed by atoms with E-state index < -0.39 is 0 Å². The molecule has 3 aromatic carbocycles. The zero-order valence-corrected chi connectivity index (χ0v) is 20.3. The van der Waals surface area contributed by atoms with Gasteiger partial charge in [-0.3, -0.25) is 4.79 Å². The molecule has 7 heteroatoms. The van der Waals surface area contributed by atoms with E-state index in [2.05, 4.69) is 15.7 Å². The number of carbonyl (C=O) groups is 2. The summed E-state index contributed by atoms with van der Waals surface area (Å²) in [5.74, 6) is 0.0582. The summed E-state index contributed by atoms with van der Waals surface area (Å²) >= 11 is 0. The van der Waals surface area contributed by atoms with Crippen molar-refractivity contribution in [2.75, 3.05) is 5.32 Å².